The minimum Gasteiger partial charge on any atom is -0.408 e. The van der Waals surface area contributed by atoms with E-state index in [0.717, 1.165) is 25.7 Å². The van der Waals surface area contributed by atoms with Crippen LogP contribution < -0.4 is 11.2 Å². The summed E-state index contributed by atoms with van der Waals surface area (Å²) in [5.41, 5.74) is -1.03. The molecule has 2 rings (SSSR count). The number of hydrogen-bond donors (Lipinski definition) is 2. The van der Waals surface area contributed by atoms with Crippen LogP contribution in [0.2, 0.25) is 36.3 Å². The van der Waals surface area contributed by atoms with Crippen LogP contribution in [0.25, 0.3) is 0 Å². The smallest absolute Gasteiger partial charge is 0.330 e. The molecule has 1 aromatic rings. The second kappa shape index (κ2) is 13.0. The van der Waals surface area contributed by atoms with Gasteiger partial charge in [-0.2, -0.15) is 0 Å². The summed E-state index contributed by atoms with van der Waals surface area (Å²) >= 11 is 0. The van der Waals surface area contributed by atoms with Gasteiger partial charge in [0.25, 0.3) is 5.56 Å². The molecule has 0 saturated carbocycles. The van der Waals surface area contributed by atoms with E-state index in [0.29, 0.717) is 0 Å². The van der Waals surface area contributed by atoms with E-state index in [1.807, 2.05) is 0 Å². The Labute approximate surface area is 236 Å². The lowest BCUT2D eigenvalue weighted by Gasteiger charge is -2.43. The summed E-state index contributed by atoms with van der Waals surface area (Å²) in [5, 5.41) is 10.7. The van der Waals surface area contributed by atoms with Gasteiger partial charge in [-0.25, -0.2) is 4.79 Å². The van der Waals surface area contributed by atoms with Crippen LogP contribution in [0.1, 0.15) is 86.8 Å². The third-order valence-corrected chi connectivity index (χ3v) is 17.6. The van der Waals surface area contributed by atoms with Crippen molar-refractivity contribution in [2.24, 2.45) is 0 Å². The van der Waals surface area contributed by atoms with Gasteiger partial charge in [-0.3, -0.25) is 19.6 Å². The highest BCUT2D eigenvalue weighted by atomic mass is 28.4. The Balaban J connectivity index is 2.56. The van der Waals surface area contributed by atoms with Gasteiger partial charge in [-0.05, 0) is 47.4 Å². The molecule has 2 heterocycles. The van der Waals surface area contributed by atoms with E-state index >= 15 is 0 Å². The molecule has 4 atom stereocenters. The first-order chi connectivity index (χ1) is 17.8. The van der Waals surface area contributed by atoms with Crippen LogP contribution in [0.4, 0.5) is 0 Å². The van der Waals surface area contributed by atoms with Crippen LogP contribution in [0.3, 0.4) is 0 Å². The predicted octanol–water partition coefficient (Wildman–Crippen LogP) is 5.66. The molecule has 11 heteroatoms. The van der Waals surface area contributed by atoms with Crippen molar-refractivity contribution in [1.29, 1.82) is 0 Å². The SMILES string of the molecule is CCCCCCC=[N+](O)CC1OC(n2ccc(=O)[nH]c2=O)C(O[Si](C)(C)C(C)(C)C)C1O[Si](C)(C)C(C)(C)C. The van der Waals surface area contributed by atoms with Crippen LogP contribution in [-0.2, 0) is 13.6 Å². The molecule has 0 spiro atoms. The van der Waals surface area contributed by atoms with Gasteiger partial charge in [0.2, 0.25) is 6.54 Å². The van der Waals surface area contributed by atoms with Crippen LogP contribution in [0, 0.1) is 0 Å². The Morgan fingerprint density at radius 2 is 1.56 bits per heavy atom. The number of aromatic nitrogens is 2. The van der Waals surface area contributed by atoms with E-state index < -0.39 is 52.4 Å². The maximum absolute atomic E-state index is 12.9. The average Bonchev–Trinajstić information content (AvgIpc) is 3.07. The Morgan fingerprint density at radius 3 is 2.08 bits per heavy atom. The van der Waals surface area contributed by atoms with Crippen LogP contribution in [0.15, 0.2) is 21.9 Å². The molecule has 224 valence electrons. The van der Waals surface area contributed by atoms with Crippen molar-refractivity contribution < 1.29 is 23.5 Å². The number of rotatable bonds is 12. The zero-order valence-corrected chi connectivity index (χ0v) is 28.2. The summed E-state index contributed by atoms with van der Waals surface area (Å²) in [6.45, 7) is 24.1. The topological polar surface area (TPSA) is 106 Å². The van der Waals surface area contributed by atoms with Gasteiger partial charge in [0, 0.05) is 18.7 Å². The zero-order valence-electron chi connectivity index (χ0n) is 26.2. The van der Waals surface area contributed by atoms with Gasteiger partial charge < -0.3 is 13.6 Å². The first-order valence-corrected chi connectivity index (χ1v) is 20.2. The minimum atomic E-state index is -2.36. The number of ether oxygens (including phenoxy) is 1. The van der Waals surface area contributed by atoms with Crippen molar-refractivity contribution in [2.75, 3.05) is 6.54 Å². The minimum absolute atomic E-state index is 0.0731. The molecule has 1 fully saturated rings. The van der Waals surface area contributed by atoms with E-state index in [-0.39, 0.29) is 16.6 Å². The van der Waals surface area contributed by atoms with Gasteiger partial charge >= 0.3 is 5.69 Å². The summed E-state index contributed by atoms with van der Waals surface area (Å²) in [6, 6.07) is 1.31. The van der Waals surface area contributed by atoms with E-state index in [4.69, 9.17) is 13.6 Å². The third-order valence-electron chi connectivity index (χ3n) is 8.65. The molecule has 1 aliphatic heterocycles. The van der Waals surface area contributed by atoms with E-state index in [9.17, 15) is 14.8 Å². The predicted molar refractivity (Wildman–Crippen MR) is 161 cm³/mol. The van der Waals surface area contributed by atoms with Crippen molar-refractivity contribution in [3.05, 3.63) is 33.1 Å². The second-order valence-electron chi connectivity index (χ2n) is 13.9. The molecule has 4 unspecified atom stereocenters. The summed E-state index contributed by atoms with van der Waals surface area (Å²) in [6.07, 6.45) is 5.98. The van der Waals surface area contributed by atoms with Crippen molar-refractivity contribution >= 4 is 22.8 Å². The maximum Gasteiger partial charge on any atom is 0.330 e. The number of nitrogens with zero attached hydrogens (tertiary/aromatic N) is 2. The lowest BCUT2D eigenvalue weighted by molar-refractivity contribution is -0.776. The van der Waals surface area contributed by atoms with Crippen LogP contribution >= 0.6 is 0 Å². The molecule has 0 radical (unpaired) electrons. The highest BCUT2D eigenvalue weighted by Gasteiger charge is 2.55. The monoisotopic (exact) mass is 584 g/mol. The lowest BCUT2D eigenvalue weighted by atomic mass is 10.1. The number of nitrogens with one attached hydrogen (secondary N) is 1. The fraction of sp³-hybridized carbons (Fsp3) is 0.821. The van der Waals surface area contributed by atoms with E-state index in [2.05, 4.69) is 79.6 Å². The van der Waals surface area contributed by atoms with Crippen molar-refractivity contribution in [3.63, 3.8) is 0 Å². The Bertz CT molecular complexity index is 1080. The number of hydrogen-bond acceptors (Lipinski definition) is 6. The molecule has 2 N–H and O–H groups in total. The van der Waals surface area contributed by atoms with Crippen LogP contribution in [-0.4, -0.2) is 67.2 Å². The Hall–Kier alpha value is -1.54. The van der Waals surface area contributed by atoms with Gasteiger partial charge in [-0.15, -0.1) is 0 Å². The Morgan fingerprint density at radius 1 is 1.00 bits per heavy atom. The molecule has 0 amide bonds. The number of aromatic amines is 1. The fourth-order valence-corrected chi connectivity index (χ4v) is 6.68. The van der Waals surface area contributed by atoms with Crippen molar-refractivity contribution in [1.82, 2.24) is 9.55 Å². The second-order valence-corrected chi connectivity index (χ2v) is 23.4. The van der Waals surface area contributed by atoms with Crippen LogP contribution in [0.5, 0.6) is 0 Å². The van der Waals surface area contributed by atoms with Gasteiger partial charge in [0.05, 0.1) is 0 Å². The normalized spacial score (nSPS) is 23.4. The van der Waals surface area contributed by atoms with E-state index in [1.54, 1.807) is 6.21 Å². The summed E-state index contributed by atoms with van der Waals surface area (Å²) in [7, 11) is -4.67. The summed E-state index contributed by atoms with van der Waals surface area (Å²) < 4.78 is 23.1. The molecule has 0 bridgehead atoms. The molecule has 1 aliphatic rings. The fourth-order valence-electron chi connectivity index (χ4n) is 4.08. The standard InChI is InChI=1S/C28H53N3O6Si2/c1-12-13-14-15-16-18-30(34)20-21-23(36-38(8,9)27(2,3)4)24(37-39(10,11)28(5,6)7)25(35-21)31-19-17-22(32)29-26(31)33/h17-19,21,23-25H,12-16,20H2,1-11H3,(H-,29,32,33,34)/p+1. The summed E-state index contributed by atoms with van der Waals surface area (Å²) in [4.78, 5) is 27.1. The van der Waals surface area contributed by atoms with Gasteiger partial charge in [-0.1, -0.05) is 67.7 Å². The number of hydroxylamine groups is 1. The van der Waals surface area contributed by atoms with E-state index in [1.165, 1.54) is 28.0 Å². The quantitative estimate of drug-likeness (QED) is 0.0820. The maximum atomic E-state index is 12.9. The first kappa shape index (κ1) is 33.7. The molecule has 0 aliphatic carbocycles. The zero-order chi connectivity index (χ0) is 29.8. The first-order valence-electron chi connectivity index (χ1n) is 14.4. The third kappa shape index (κ3) is 8.72. The summed E-state index contributed by atoms with van der Waals surface area (Å²) in [5.74, 6) is 0. The largest absolute Gasteiger partial charge is 0.408 e. The highest BCUT2D eigenvalue weighted by Crippen LogP contribution is 2.45. The number of unbranched alkanes of at least 4 members (excludes halogenated alkanes) is 4. The molecule has 9 nitrogen and oxygen atoms in total. The van der Waals surface area contributed by atoms with Gasteiger partial charge in [0.15, 0.2) is 35.2 Å². The molecule has 1 saturated heterocycles. The van der Waals surface area contributed by atoms with Crippen molar-refractivity contribution in [3.8, 4) is 0 Å². The average molecular weight is 585 g/mol. The lowest BCUT2D eigenvalue weighted by Crippen LogP contribution is -2.54. The van der Waals surface area contributed by atoms with Crippen molar-refractivity contribution in [2.45, 2.75) is 141 Å². The van der Waals surface area contributed by atoms with Gasteiger partial charge in [0.1, 0.15) is 12.2 Å². The highest BCUT2D eigenvalue weighted by molar-refractivity contribution is 6.74. The molecule has 39 heavy (non-hydrogen) atoms. The molecular weight excluding hydrogens is 530 g/mol. The molecule has 0 aromatic carbocycles. The molecule has 1 aromatic heterocycles. The Kier molecular flexibility index (Phi) is 11.2. The number of H-pyrrole nitrogens is 1. The molecular formula is C28H54N3O6Si2+.